The third-order valence-corrected chi connectivity index (χ3v) is 4.13. The van der Waals surface area contributed by atoms with Gasteiger partial charge in [-0.15, -0.1) is 0 Å². The van der Waals surface area contributed by atoms with Crippen molar-refractivity contribution in [1.29, 1.82) is 0 Å². The molecule has 0 unspecified atom stereocenters. The molecule has 3 nitrogen and oxygen atoms in total. The van der Waals surface area contributed by atoms with Crippen LogP contribution < -0.4 is 0 Å². The van der Waals surface area contributed by atoms with E-state index in [0.29, 0.717) is 16.3 Å². The fraction of sp³-hybridized carbons (Fsp3) is 0.200. The van der Waals surface area contributed by atoms with Crippen LogP contribution in [0.5, 0.6) is 0 Å². The Morgan fingerprint density at radius 2 is 2.05 bits per heavy atom. The number of hydrogen-bond acceptors (Lipinski definition) is 2. The van der Waals surface area contributed by atoms with Gasteiger partial charge in [-0.2, -0.15) is 0 Å². The van der Waals surface area contributed by atoms with E-state index in [9.17, 15) is 9.90 Å². The molecule has 1 aliphatic rings. The minimum atomic E-state index is -0.923. The molecule has 20 heavy (non-hydrogen) atoms. The molecule has 1 aliphatic carbocycles. The molecule has 0 atom stereocenters. The van der Waals surface area contributed by atoms with E-state index in [0.717, 1.165) is 28.6 Å². The topological polar surface area (TPSA) is 50.2 Å². The Kier molecular flexibility index (Phi) is 3.52. The summed E-state index contributed by atoms with van der Waals surface area (Å²) in [5.41, 5.74) is 2.50. The van der Waals surface area contributed by atoms with Crippen molar-refractivity contribution in [2.45, 2.75) is 18.8 Å². The molecular formula is C15H11BrClNO2. The molecule has 0 bridgehead atoms. The molecule has 1 fully saturated rings. The minimum Gasteiger partial charge on any atom is -0.478 e. The molecule has 1 N–H and O–H groups in total. The molecular weight excluding hydrogens is 342 g/mol. The molecule has 2 aromatic rings. The Morgan fingerprint density at radius 3 is 2.65 bits per heavy atom. The lowest BCUT2D eigenvalue weighted by molar-refractivity contribution is 0.0695. The van der Waals surface area contributed by atoms with Gasteiger partial charge in [0.15, 0.2) is 0 Å². The van der Waals surface area contributed by atoms with E-state index in [2.05, 4.69) is 20.9 Å². The van der Waals surface area contributed by atoms with Crippen molar-refractivity contribution in [2.75, 3.05) is 0 Å². The fourth-order valence-electron chi connectivity index (χ4n) is 2.17. The molecule has 5 heteroatoms. The number of aromatic carboxylic acids is 1. The lowest BCUT2D eigenvalue weighted by atomic mass is 10.1. The smallest absolute Gasteiger partial charge is 0.337 e. The molecule has 1 aromatic carbocycles. The first kappa shape index (κ1) is 13.6. The molecule has 0 amide bonds. The van der Waals surface area contributed by atoms with Gasteiger partial charge in [0.05, 0.1) is 22.0 Å². The second-order valence-electron chi connectivity index (χ2n) is 4.83. The van der Waals surface area contributed by atoms with Gasteiger partial charge < -0.3 is 5.11 Å². The van der Waals surface area contributed by atoms with Gasteiger partial charge in [-0.05, 0) is 37.1 Å². The summed E-state index contributed by atoms with van der Waals surface area (Å²) in [5, 5.41) is 9.82. The van der Waals surface area contributed by atoms with E-state index in [1.807, 2.05) is 12.1 Å². The van der Waals surface area contributed by atoms with E-state index in [1.165, 1.54) is 0 Å². The number of carboxylic acids is 1. The number of nitrogens with zero attached hydrogens (tertiary/aromatic N) is 1. The highest BCUT2D eigenvalue weighted by Crippen LogP contribution is 2.41. The third kappa shape index (κ3) is 2.58. The Hall–Kier alpha value is -1.39. The summed E-state index contributed by atoms with van der Waals surface area (Å²) in [7, 11) is 0. The molecule has 0 aliphatic heterocycles. The van der Waals surface area contributed by atoms with Gasteiger partial charge in [-0.3, -0.25) is 4.98 Å². The van der Waals surface area contributed by atoms with Gasteiger partial charge >= 0.3 is 5.97 Å². The summed E-state index contributed by atoms with van der Waals surface area (Å²) in [4.78, 5) is 15.8. The number of rotatable bonds is 3. The van der Waals surface area contributed by atoms with Crippen molar-refractivity contribution in [3.8, 4) is 11.3 Å². The van der Waals surface area contributed by atoms with Gasteiger partial charge in [0.1, 0.15) is 0 Å². The van der Waals surface area contributed by atoms with Crippen LogP contribution in [0.4, 0.5) is 0 Å². The Morgan fingerprint density at radius 1 is 1.30 bits per heavy atom. The number of carboxylic acid groups (broad SMARTS) is 1. The van der Waals surface area contributed by atoms with E-state index < -0.39 is 5.97 Å². The number of benzene rings is 1. The molecule has 0 radical (unpaired) electrons. The zero-order valence-electron chi connectivity index (χ0n) is 10.4. The third-order valence-electron chi connectivity index (χ3n) is 3.33. The first-order valence-electron chi connectivity index (χ1n) is 6.26. The molecule has 3 rings (SSSR count). The van der Waals surface area contributed by atoms with Crippen molar-refractivity contribution < 1.29 is 9.90 Å². The van der Waals surface area contributed by atoms with Crippen LogP contribution in [0.25, 0.3) is 11.3 Å². The van der Waals surface area contributed by atoms with Gasteiger partial charge in [-0.1, -0.05) is 33.6 Å². The Bertz CT molecular complexity index is 698. The second-order valence-corrected chi connectivity index (χ2v) is 6.16. The maximum atomic E-state index is 11.2. The summed E-state index contributed by atoms with van der Waals surface area (Å²) in [6, 6.07) is 8.91. The number of hydrogen-bond donors (Lipinski definition) is 1. The summed E-state index contributed by atoms with van der Waals surface area (Å²) < 4.78 is 0.899. The predicted octanol–water partition coefficient (Wildman–Crippen LogP) is 4.74. The minimum absolute atomic E-state index is 0.273. The quantitative estimate of drug-likeness (QED) is 0.868. The summed E-state index contributed by atoms with van der Waals surface area (Å²) in [6.07, 6.45) is 2.01. The fourth-order valence-corrected chi connectivity index (χ4v) is 2.94. The van der Waals surface area contributed by atoms with Crippen molar-refractivity contribution in [3.05, 3.63) is 51.1 Å². The van der Waals surface area contributed by atoms with Crippen LogP contribution in [0.3, 0.4) is 0 Å². The van der Waals surface area contributed by atoms with Crippen LogP contribution in [0.2, 0.25) is 5.02 Å². The average Bonchev–Trinajstić information content (AvgIpc) is 3.22. The number of pyridine rings is 1. The number of carbonyl (C=O) groups is 1. The first-order valence-corrected chi connectivity index (χ1v) is 7.43. The van der Waals surface area contributed by atoms with Crippen molar-refractivity contribution in [3.63, 3.8) is 0 Å². The van der Waals surface area contributed by atoms with E-state index in [4.69, 9.17) is 11.6 Å². The van der Waals surface area contributed by atoms with Gasteiger partial charge in [0.25, 0.3) is 0 Å². The molecule has 0 saturated heterocycles. The standard InChI is InChI=1S/C15H11BrClNO2/c16-9-3-4-10(12(17)7-9)13-6-5-11(15(19)20)14(18-13)8-1-2-8/h3-8H,1-2H2,(H,19,20). The summed E-state index contributed by atoms with van der Waals surface area (Å²) >= 11 is 9.59. The summed E-state index contributed by atoms with van der Waals surface area (Å²) in [5.74, 6) is -0.650. The van der Waals surface area contributed by atoms with Crippen molar-refractivity contribution >= 4 is 33.5 Å². The zero-order chi connectivity index (χ0) is 14.3. The van der Waals surface area contributed by atoms with Crippen LogP contribution in [0.15, 0.2) is 34.8 Å². The van der Waals surface area contributed by atoms with E-state index >= 15 is 0 Å². The van der Waals surface area contributed by atoms with Crippen LogP contribution in [-0.4, -0.2) is 16.1 Å². The van der Waals surface area contributed by atoms with Gasteiger partial charge in [0, 0.05) is 16.0 Å². The van der Waals surface area contributed by atoms with E-state index in [1.54, 1.807) is 18.2 Å². The van der Waals surface area contributed by atoms with Crippen LogP contribution in [0, 0.1) is 0 Å². The first-order chi connectivity index (χ1) is 9.56. The number of aromatic nitrogens is 1. The van der Waals surface area contributed by atoms with Gasteiger partial charge in [-0.25, -0.2) is 4.79 Å². The molecule has 102 valence electrons. The SMILES string of the molecule is O=C(O)c1ccc(-c2ccc(Br)cc2Cl)nc1C1CC1. The van der Waals surface area contributed by atoms with E-state index in [-0.39, 0.29) is 5.92 Å². The van der Waals surface area contributed by atoms with Crippen LogP contribution >= 0.6 is 27.5 Å². The lowest BCUT2D eigenvalue weighted by Crippen LogP contribution is -2.04. The Balaban J connectivity index is 2.10. The van der Waals surface area contributed by atoms with Crippen LogP contribution in [0.1, 0.15) is 34.8 Å². The summed E-state index contributed by atoms with van der Waals surface area (Å²) in [6.45, 7) is 0. The normalized spacial score (nSPS) is 14.3. The predicted molar refractivity (Wildman–Crippen MR) is 81.3 cm³/mol. The average molecular weight is 353 g/mol. The zero-order valence-corrected chi connectivity index (χ0v) is 12.8. The molecule has 1 heterocycles. The second kappa shape index (κ2) is 5.19. The highest BCUT2D eigenvalue weighted by atomic mass is 79.9. The van der Waals surface area contributed by atoms with Crippen LogP contribution in [-0.2, 0) is 0 Å². The molecule has 0 spiro atoms. The highest BCUT2D eigenvalue weighted by Gasteiger charge is 2.30. The monoisotopic (exact) mass is 351 g/mol. The lowest BCUT2D eigenvalue weighted by Gasteiger charge is -2.09. The Labute approximate surface area is 129 Å². The number of halogens is 2. The molecule has 1 saturated carbocycles. The highest BCUT2D eigenvalue weighted by molar-refractivity contribution is 9.10. The maximum absolute atomic E-state index is 11.2. The maximum Gasteiger partial charge on any atom is 0.337 e. The van der Waals surface area contributed by atoms with Crippen molar-refractivity contribution in [1.82, 2.24) is 4.98 Å². The van der Waals surface area contributed by atoms with Gasteiger partial charge in [0.2, 0.25) is 0 Å². The largest absolute Gasteiger partial charge is 0.478 e. The van der Waals surface area contributed by atoms with Crippen molar-refractivity contribution in [2.24, 2.45) is 0 Å². The molecule has 1 aromatic heterocycles.